The summed E-state index contributed by atoms with van der Waals surface area (Å²) in [7, 11) is 0. The van der Waals surface area contributed by atoms with Crippen LogP contribution in [0.4, 0.5) is 5.82 Å². The number of aromatic nitrogens is 3. The molecule has 0 bridgehead atoms. The molecule has 7 nitrogen and oxygen atoms in total. The van der Waals surface area contributed by atoms with Crippen LogP contribution in [0.25, 0.3) is 26.6 Å². The lowest BCUT2D eigenvalue weighted by molar-refractivity contribution is 0.0341. The van der Waals surface area contributed by atoms with E-state index in [9.17, 15) is 4.79 Å². The van der Waals surface area contributed by atoms with Crippen molar-refractivity contribution in [2.24, 2.45) is 0 Å². The fourth-order valence-corrected chi connectivity index (χ4v) is 5.80. The molecule has 1 aliphatic rings. The second kappa shape index (κ2) is 9.03. The molecule has 5 aromatic rings. The number of ether oxygens (including phenoxy) is 1. The van der Waals surface area contributed by atoms with E-state index in [1.807, 2.05) is 38.1 Å². The molecule has 0 saturated carbocycles. The van der Waals surface area contributed by atoms with Gasteiger partial charge in [-0.15, -0.1) is 16.4 Å². The fourth-order valence-electron chi connectivity index (χ4n) is 4.78. The Morgan fingerprint density at radius 3 is 2.51 bits per heavy atom. The number of anilines is 1. The molecule has 0 spiro atoms. The lowest BCUT2D eigenvalue weighted by atomic mass is 10.1. The first-order chi connectivity index (χ1) is 17.1. The summed E-state index contributed by atoms with van der Waals surface area (Å²) in [4.78, 5) is 22.7. The maximum Gasteiger partial charge on any atom is 0.283 e. The number of fused-ring (bicyclic) bond motifs is 4. The van der Waals surface area contributed by atoms with Gasteiger partial charge in [-0.05, 0) is 30.5 Å². The second-order valence-corrected chi connectivity index (χ2v) is 10.2. The van der Waals surface area contributed by atoms with Crippen LogP contribution in [0.5, 0.6) is 0 Å². The SMILES string of the molecule is Cc1sc2nc3c4ccccc4c(NCc4ccccc4CN4CCOCC4)nn3c(=O)c2c1C. The third kappa shape index (κ3) is 3.97. The van der Waals surface area contributed by atoms with Crippen molar-refractivity contribution in [1.82, 2.24) is 19.5 Å². The van der Waals surface area contributed by atoms with E-state index in [1.54, 1.807) is 11.3 Å². The van der Waals surface area contributed by atoms with Gasteiger partial charge in [-0.25, -0.2) is 4.98 Å². The molecule has 35 heavy (non-hydrogen) atoms. The van der Waals surface area contributed by atoms with Crippen molar-refractivity contribution in [2.75, 3.05) is 31.6 Å². The van der Waals surface area contributed by atoms with Gasteiger partial charge in [-0.1, -0.05) is 48.5 Å². The van der Waals surface area contributed by atoms with Crippen LogP contribution in [0, 0.1) is 13.8 Å². The summed E-state index contributed by atoms with van der Waals surface area (Å²) < 4.78 is 6.96. The second-order valence-electron chi connectivity index (χ2n) is 9.02. The van der Waals surface area contributed by atoms with E-state index >= 15 is 0 Å². The highest BCUT2D eigenvalue weighted by atomic mass is 32.1. The van der Waals surface area contributed by atoms with Crippen LogP contribution in [0.3, 0.4) is 0 Å². The van der Waals surface area contributed by atoms with Crippen molar-refractivity contribution in [2.45, 2.75) is 26.9 Å². The predicted molar refractivity (Wildman–Crippen MR) is 141 cm³/mol. The van der Waals surface area contributed by atoms with Gasteiger partial charge in [0.25, 0.3) is 5.56 Å². The average molecular weight is 486 g/mol. The molecule has 0 atom stereocenters. The normalized spacial score (nSPS) is 14.8. The Hall–Kier alpha value is -3.33. The van der Waals surface area contributed by atoms with Crippen LogP contribution >= 0.6 is 11.3 Å². The Morgan fingerprint density at radius 1 is 1.00 bits per heavy atom. The number of hydrogen-bond donors (Lipinski definition) is 1. The number of aryl methyl sites for hydroxylation is 2. The molecule has 1 N–H and O–H groups in total. The summed E-state index contributed by atoms with van der Waals surface area (Å²) in [5, 5.41) is 10.8. The molecule has 6 rings (SSSR count). The molecule has 0 aliphatic carbocycles. The maximum atomic E-state index is 13.5. The Labute approximate surface area is 207 Å². The number of thiophene rings is 1. The summed E-state index contributed by atoms with van der Waals surface area (Å²) in [5.41, 5.74) is 3.97. The van der Waals surface area contributed by atoms with Gasteiger partial charge in [0.1, 0.15) is 4.83 Å². The zero-order chi connectivity index (χ0) is 23.9. The predicted octanol–water partition coefficient (Wildman–Crippen LogP) is 4.52. The standard InChI is InChI=1S/C27H27N5O2S/c1-17-18(2)35-26-23(17)27(33)32-25(29-26)22-10-6-5-9-21(22)24(30-32)28-15-19-7-3-4-8-20(19)16-31-11-13-34-14-12-31/h3-10H,11-16H2,1-2H3,(H,28,30). The molecule has 0 radical (unpaired) electrons. The van der Waals surface area contributed by atoms with E-state index in [-0.39, 0.29) is 5.56 Å². The number of hydrogen-bond acceptors (Lipinski definition) is 7. The Kier molecular flexibility index (Phi) is 5.72. The minimum Gasteiger partial charge on any atom is -0.379 e. The molecule has 2 aromatic carbocycles. The van der Waals surface area contributed by atoms with Crippen molar-refractivity contribution in [3.05, 3.63) is 80.5 Å². The van der Waals surface area contributed by atoms with Crippen LogP contribution in [0.2, 0.25) is 0 Å². The largest absolute Gasteiger partial charge is 0.379 e. The average Bonchev–Trinajstić information content (AvgIpc) is 3.17. The zero-order valence-electron chi connectivity index (χ0n) is 19.9. The van der Waals surface area contributed by atoms with Gasteiger partial charge >= 0.3 is 0 Å². The lowest BCUT2D eigenvalue weighted by Crippen LogP contribution is -2.35. The van der Waals surface area contributed by atoms with E-state index in [1.165, 1.54) is 15.6 Å². The monoisotopic (exact) mass is 485 g/mol. The summed E-state index contributed by atoms with van der Waals surface area (Å²) in [6.45, 7) is 8.99. The molecule has 8 heteroatoms. The summed E-state index contributed by atoms with van der Waals surface area (Å²) >= 11 is 1.56. The third-order valence-corrected chi connectivity index (χ3v) is 7.97. The van der Waals surface area contributed by atoms with Gasteiger partial charge in [0.05, 0.1) is 18.6 Å². The quantitative estimate of drug-likeness (QED) is 0.369. The van der Waals surface area contributed by atoms with Crippen LogP contribution in [0.1, 0.15) is 21.6 Å². The van der Waals surface area contributed by atoms with E-state index < -0.39 is 0 Å². The Bertz CT molecular complexity index is 1620. The molecular weight excluding hydrogens is 458 g/mol. The highest BCUT2D eigenvalue weighted by Gasteiger charge is 2.18. The molecule has 1 saturated heterocycles. The molecule has 0 amide bonds. The Balaban J connectivity index is 1.41. The smallest absolute Gasteiger partial charge is 0.283 e. The molecule has 1 fully saturated rings. The first kappa shape index (κ1) is 22.2. The van der Waals surface area contributed by atoms with Crippen molar-refractivity contribution in [3.63, 3.8) is 0 Å². The van der Waals surface area contributed by atoms with Crippen molar-refractivity contribution in [1.29, 1.82) is 0 Å². The molecular formula is C27H27N5O2S. The van der Waals surface area contributed by atoms with Crippen molar-refractivity contribution >= 4 is 43.8 Å². The minimum atomic E-state index is -0.117. The first-order valence-electron chi connectivity index (χ1n) is 11.9. The Morgan fingerprint density at radius 2 is 1.71 bits per heavy atom. The van der Waals surface area contributed by atoms with Crippen LogP contribution in [0.15, 0.2) is 53.3 Å². The first-order valence-corrected chi connectivity index (χ1v) is 12.7. The van der Waals surface area contributed by atoms with E-state index in [2.05, 4.69) is 34.5 Å². The molecule has 4 heterocycles. The number of benzene rings is 2. The highest BCUT2D eigenvalue weighted by Crippen LogP contribution is 2.30. The molecule has 1 aliphatic heterocycles. The molecule has 178 valence electrons. The van der Waals surface area contributed by atoms with Crippen LogP contribution in [-0.2, 0) is 17.8 Å². The topological polar surface area (TPSA) is 71.8 Å². The number of nitrogens with one attached hydrogen (secondary N) is 1. The number of morpholine rings is 1. The van der Waals surface area contributed by atoms with Crippen molar-refractivity contribution in [3.8, 4) is 0 Å². The van der Waals surface area contributed by atoms with Gasteiger partial charge in [0.15, 0.2) is 11.5 Å². The molecule has 3 aromatic heterocycles. The van der Waals surface area contributed by atoms with Crippen LogP contribution < -0.4 is 10.9 Å². The van der Waals surface area contributed by atoms with E-state index in [4.69, 9.17) is 14.8 Å². The number of rotatable bonds is 5. The summed E-state index contributed by atoms with van der Waals surface area (Å²) in [6.07, 6.45) is 0. The minimum absolute atomic E-state index is 0.117. The number of nitrogens with zero attached hydrogens (tertiary/aromatic N) is 4. The van der Waals surface area contributed by atoms with Crippen LogP contribution in [-0.4, -0.2) is 45.8 Å². The highest BCUT2D eigenvalue weighted by molar-refractivity contribution is 7.18. The van der Waals surface area contributed by atoms with E-state index in [0.717, 1.165) is 58.9 Å². The van der Waals surface area contributed by atoms with E-state index in [0.29, 0.717) is 23.4 Å². The zero-order valence-corrected chi connectivity index (χ0v) is 20.7. The van der Waals surface area contributed by atoms with Gasteiger partial charge < -0.3 is 10.1 Å². The lowest BCUT2D eigenvalue weighted by Gasteiger charge is -2.27. The maximum absolute atomic E-state index is 13.5. The molecule has 0 unspecified atom stereocenters. The van der Waals surface area contributed by atoms with Gasteiger partial charge in [-0.3, -0.25) is 9.69 Å². The van der Waals surface area contributed by atoms with Gasteiger partial charge in [0.2, 0.25) is 0 Å². The fraction of sp³-hybridized carbons (Fsp3) is 0.296. The summed E-state index contributed by atoms with van der Waals surface area (Å²) in [5.74, 6) is 0.683. The third-order valence-electron chi connectivity index (χ3n) is 6.87. The van der Waals surface area contributed by atoms with Crippen molar-refractivity contribution < 1.29 is 4.74 Å². The summed E-state index contributed by atoms with van der Waals surface area (Å²) in [6, 6.07) is 16.5. The van der Waals surface area contributed by atoms with Gasteiger partial charge in [-0.2, -0.15) is 4.52 Å². The van der Waals surface area contributed by atoms with Gasteiger partial charge in [0, 0.05) is 41.8 Å².